The van der Waals surface area contributed by atoms with Crippen LogP contribution in [0.1, 0.15) is 47.7 Å². The van der Waals surface area contributed by atoms with Crippen molar-refractivity contribution in [3.05, 3.63) is 76.6 Å². The van der Waals surface area contributed by atoms with Gasteiger partial charge in [-0.3, -0.25) is 0 Å². The van der Waals surface area contributed by atoms with Gasteiger partial charge in [0, 0.05) is 24.5 Å². The van der Waals surface area contributed by atoms with Crippen molar-refractivity contribution in [1.82, 2.24) is 9.97 Å². The van der Waals surface area contributed by atoms with E-state index in [2.05, 4.69) is 15.3 Å². The van der Waals surface area contributed by atoms with Gasteiger partial charge in [0.25, 0.3) is 0 Å². The third kappa shape index (κ3) is 8.58. The first-order valence-electron chi connectivity index (χ1n) is 12.5. The number of alkyl halides is 9. The fourth-order valence-electron chi connectivity index (χ4n) is 4.00. The van der Waals surface area contributed by atoms with E-state index in [-0.39, 0.29) is 23.3 Å². The van der Waals surface area contributed by atoms with Crippen molar-refractivity contribution < 1.29 is 44.3 Å². The van der Waals surface area contributed by atoms with Gasteiger partial charge < -0.3 is 15.0 Å². The van der Waals surface area contributed by atoms with Crippen LogP contribution in [0.5, 0.6) is 5.75 Å². The van der Waals surface area contributed by atoms with E-state index in [1.807, 2.05) is 6.26 Å². The van der Waals surface area contributed by atoms with Crippen molar-refractivity contribution >= 4 is 23.4 Å². The molecule has 42 heavy (non-hydrogen) atoms. The van der Waals surface area contributed by atoms with Gasteiger partial charge in [-0.15, -0.1) is 0 Å². The molecule has 0 amide bonds. The number of nitrogens with one attached hydrogen (secondary N) is 1. The highest BCUT2D eigenvalue weighted by Crippen LogP contribution is 2.40. The van der Waals surface area contributed by atoms with Crippen molar-refractivity contribution in [1.29, 1.82) is 0 Å². The quantitative estimate of drug-likeness (QED) is 0.170. The fourth-order valence-corrected chi connectivity index (χ4v) is 4.25. The average Bonchev–Trinajstić information content (AvgIpc) is 2.91. The van der Waals surface area contributed by atoms with Crippen molar-refractivity contribution in [2.24, 2.45) is 0 Å². The summed E-state index contributed by atoms with van der Waals surface area (Å²) >= 11 is 1.53. The van der Waals surface area contributed by atoms with Gasteiger partial charge in [0.15, 0.2) is 5.75 Å². The molecule has 0 fully saturated rings. The first-order valence-corrected chi connectivity index (χ1v) is 13.9. The number of aromatic nitrogens is 2. The standard InChI is InChI=1S/C27H27F9N4OS/c1-4-37-23-6-5-19(25(28,29)30)11-18(23)15-40(24-38-13-22(14-39-24)41-7-8-42-3)16(2)17-9-20(26(31,32)33)12-21(10-17)27(34,35)36/h5-6,9-14,16,37H,4,7-8,15H2,1-3H3/t16-/m0/s1. The average molecular weight is 627 g/mol. The van der Waals surface area contributed by atoms with Crippen LogP contribution in [0.15, 0.2) is 48.8 Å². The summed E-state index contributed by atoms with van der Waals surface area (Å²) in [5.41, 5.74) is -4.05. The fraction of sp³-hybridized carbons (Fsp3) is 0.407. The van der Waals surface area contributed by atoms with E-state index in [1.165, 1.54) is 42.0 Å². The Morgan fingerprint density at radius 1 is 0.857 bits per heavy atom. The van der Waals surface area contributed by atoms with Crippen molar-refractivity contribution in [2.75, 3.05) is 35.4 Å². The lowest BCUT2D eigenvalue weighted by Crippen LogP contribution is -2.29. The van der Waals surface area contributed by atoms with Crippen LogP contribution >= 0.6 is 11.8 Å². The second-order valence-corrected chi connectivity index (χ2v) is 10.1. The lowest BCUT2D eigenvalue weighted by atomic mass is 9.98. The minimum absolute atomic E-state index is 0.00780. The van der Waals surface area contributed by atoms with E-state index >= 15 is 0 Å². The molecule has 0 saturated heterocycles. The maximum Gasteiger partial charge on any atom is 0.416 e. The van der Waals surface area contributed by atoms with E-state index in [9.17, 15) is 39.5 Å². The van der Waals surface area contributed by atoms with Gasteiger partial charge in [-0.2, -0.15) is 51.3 Å². The normalized spacial score (nSPS) is 13.1. The molecule has 230 valence electrons. The Morgan fingerprint density at radius 2 is 1.43 bits per heavy atom. The van der Waals surface area contributed by atoms with Gasteiger partial charge in [0.1, 0.15) is 0 Å². The zero-order valence-corrected chi connectivity index (χ0v) is 23.4. The molecule has 5 nitrogen and oxygen atoms in total. The molecule has 1 aromatic heterocycles. The van der Waals surface area contributed by atoms with Crippen LogP contribution in [0, 0.1) is 0 Å². The number of anilines is 2. The molecule has 0 aliphatic rings. The van der Waals surface area contributed by atoms with Gasteiger partial charge in [0.05, 0.1) is 41.7 Å². The van der Waals surface area contributed by atoms with E-state index in [1.54, 1.807) is 6.92 Å². The molecule has 1 atom stereocenters. The Hall–Kier alpha value is -3.36. The minimum Gasteiger partial charge on any atom is -0.489 e. The Labute approximate surface area is 240 Å². The molecular weight excluding hydrogens is 599 g/mol. The number of benzene rings is 2. The summed E-state index contributed by atoms with van der Waals surface area (Å²) in [5.74, 6) is 0.766. The molecule has 0 unspecified atom stereocenters. The van der Waals surface area contributed by atoms with Crippen molar-refractivity contribution in [3.8, 4) is 5.75 Å². The molecule has 0 radical (unpaired) electrons. The van der Waals surface area contributed by atoms with Gasteiger partial charge in [-0.1, -0.05) is 0 Å². The molecular formula is C27H27F9N4OS. The van der Waals surface area contributed by atoms with Gasteiger partial charge >= 0.3 is 18.5 Å². The predicted octanol–water partition coefficient (Wildman–Crippen LogP) is 8.47. The van der Waals surface area contributed by atoms with Crippen molar-refractivity contribution in [2.45, 2.75) is 45.0 Å². The summed E-state index contributed by atoms with van der Waals surface area (Å²) < 4.78 is 128. The monoisotopic (exact) mass is 626 g/mol. The maximum atomic E-state index is 13.6. The van der Waals surface area contributed by atoms with Crippen LogP contribution in [0.3, 0.4) is 0 Å². The number of halogens is 9. The number of ether oxygens (including phenoxy) is 1. The molecule has 0 saturated carbocycles. The highest BCUT2D eigenvalue weighted by atomic mass is 32.2. The van der Waals surface area contributed by atoms with Crippen LogP contribution in [-0.2, 0) is 25.1 Å². The van der Waals surface area contributed by atoms with E-state index in [0.29, 0.717) is 36.7 Å². The summed E-state index contributed by atoms with van der Waals surface area (Å²) in [6, 6.07) is 2.85. The van der Waals surface area contributed by atoms with Crippen LogP contribution in [-0.4, -0.2) is 35.1 Å². The molecule has 2 aromatic carbocycles. The SMILES string of the molecule is CCNc1ccc(C(F)(F)F)cc1CN(c1ncc(OCCSC)cn1)[C@@H](C)c1cc(C(F)(F)F)cc(C(F)(F)F)c1. The summed E-state index contributed by atoms with van der Waals surface area (Å²) in [7, 11) is 0. The van der Waals surface area contributed by atoms with Crippen LogP contribution in [0.4, 0.5) is 51.1 Å². The molecule has 15 heteroatoms. The summed E-state index contributed by atoms with van der Waals surface area (Å²) in [5, 5.41) is 2.93. The minimum atomic E-state index is -5.09. The Morgan fingerprint density at radius 3 is 1.93 bits per heavy atom. The highest BCUT2D eigenvalue weighted by molar-refractivity contribution is 7.98. The molecule has 0 aliphatic heterocycles. The van der Waals surface area contributed by atoms with E-state index in [4.69, 9.17) is 4.74 Å². The topological polar surface area (TPSA) is 50.3 Å². The summed E-state index contributed by atoms with van der Waals surface area (Å²) in [6.45, 7) is 3.29. The Bertz CT molecular complexity index is 1300. The van der Waals surface area contributed by atoms with Crippen LogP contribution in [0.2, 0.25) is 0 Å². The van der Waals surface area contributed by atoms with Crippen molar-refractivity contribution in [3.63, 3.8) is 0 Å². The molecule has 0 aliphatic carbocycles. The Balaban J connectivity index is 2.16. The Kier molecular flexibility index (Phi) is 10.5. The predicted molar refractivity (Wildman–Crippen MR) is 143 cm³/mol. The molecule has 1 heterocycles. The van der Waals surface area contributed by atoms with Gasteiger partial charge in [-0.05, 0) is 67.6 Å². The lowest BCUT2D eigenvalue weighted by Gasteiger charge is -2.31. The van der Waals surface area contributed by atoms with Crippen LogP contribution in [0.25, 0.3) is 0 Å². The first kappa shape index (κ1) is 33.1. The first-order chi connectivity index (χ1) is 19.5. The number of hydrogen-bond acceptors (Lipinski definition) is 6. The maximum absolute atomic E-state index is 13.6. The second kappa shape index (κ2) is 13.3. The largest absolute Gasteiger partial charge is 0.489 e. The third-order valence-electron chi connectivity index (χ3n) is 6.13. The summed E-state index contributed by atoms with van der Waals surface area (Å²) in [6.07, 6.45) is -10.5. The lowest BCUT2D eigenvalue weighted by molar-refractivity contribution is -0.143. The third-order valence-corrected chi connectivity index (χ3v) is 6.70. The zero-order chi connectivity index (χ0) is 31.3. The molecule has 0 bridgehead atoms. The number of rotatable bonds is 11. The molecule has 0 spiro atoms. The van der Waals surface area contributed by atoms with E-state index in [0.717, 1.165) is 12.1 Å². The molecule has 3 rings (SSSR count). The molecule has 3 aromatic rings. The smallest absolute Gasteiger partial charge is 0.416 e. The number of hydrogen-bond donors (Lipinski definition) is 1. The zero-order valence-electron chi connectivity index (χ0n) is 22.6. The second-order valence-electron chi connectivity index (χ2n) is 9.10. The highest BCUT2D eigenvalue weighted by Gasteiger charge is 2.38. The van der Waals surface area contributed by atoms with Gasteiger partial charge in [-0.25, -0.2) is 9.97 Å². The summed E-state index contributed by atoms with van der Waals surface area (Å²) in [4.78, 5) is 9.61. The van der Waals surface area contributed by atoms with E-state index < -0.39 is 53.4 Å². The van der Waals surface area contributed by atoms with Crippen LogP contribution < -0.4 is 15.0 Å². The van der Waals surface area contributed by atoms with Gasteiger partial charge in [0.2, 0.25) is 5.95 Å². The molecule has 1 N–H and O–H groups in total. The number of thioether (sulfide) groups is 1. The number of nitrogens with zero attached hydrogens (tertiary/aromatic N) is 3.